The summed E-state index contributed by atoms with van der Waals surface area (Å²) in [6.07, 6.45) is 2.14. The van der Waals surface area contributed by atoms with Crippen molar-refractivity contribution in [2.24, 2.45) is 7.05 Å². The molecule has 0 aliphatic rings. The van der Waals surface area contributed by atoms with Gasteiger partial charge in [0.1, 0.15) is 7.05 Å². The predicted octanol–water partition coefficient (Wildman–Crippen LogP) is 3.72. The lowest BCUT2D eigenvalue weighted by molar-refractivity contribution is -0.660. The van der Waals surface area contributed by atoms with Crippen molar-refractivity contribution >= 4 is 0 Å². The smallest absolute Gasteiger partial charge is 0.201 e. The van der Waals surface area contributed by atoms with E-state index in [1.807, 2.05) is 0 Å². The van der Waals surface area contributed by atoms with Crippen LogP contribution < -0.4 is 4.57 Å². The summed E-state index contributed by atoms with van der Waals surface area (Å²) in [5.74, 6) is 0. The molecule has 1 heterocycles. The molecule has 0 spiro atoms. The van der Waals surface area contributed by atoms with Crippen molar-refractivity contribution in [2.45, 2.75) is 34.6 Å². The molecule has 0 saturated carbocycles. The minimum Gasteiger partial charge on any atom is -0.201 e. The maximum atomic E-state index is 2.29. The van der Waals surface area contributed by atoms with Crippen LogP contribution in [-0.4, -0.2) is 0 Å². The van der Waals surface area contributed by atoms with E-state index in [0.29, 0.717) is 0 Å². The minimum absolute atomic E-state index is 1.30. The predicted molar refractivity (Wildman–Crippen MR) is 76.7 cm³/mol. The number of benzene rings is 1. The Balaban J connectivity index is 2.79. The standard InChI is InChI=1S/C17H22N/c1-11-7-8-18(6)16(9-11)17-13(3)10-12(2)14(4)15(17)5/h7-10H,1-6H3/q+1. The van der Waals surface area contributed by atoms with Crippen LogP contribution in [0.25, 0.3) is 11.3 Å². The largest absolute Gasteiger partial charge is 0.213 e. The number of aromatic nitrogens is 1. The first kappa shape index (κ1) is 12.8. The lowest BCUT2D eigenvalue weighted by Crippen LogP contribution is -2.31. The molecule has 0 fully saturated rings. The van der Waals surface area contributed by atoms with E-state index in [4.69, 9.17) is 0 Å². The van der Waals surface area contributed by atoms with E-state index in [1.54, 1.807) is 0 Å². The summed E-state index contributed by atoms with van der Waals surface area (Å²) in [5, 5.41) is 0. The molecule has 1 heteroatoms. The quantitative estimate of drug-likeness (QED) is 0.669. The van der Waals surface area contributed by atoms with Crippen LogP contribution >= 0.6 is 0 Å². The first-order valence-corrected chi connectivity index (χ1v) is 6.46. The third-order valence-corrected chi connectivity index (χ3v) is 3.92. The summed E-state index contributed by atoms with van der Waals surface area (Å²) in [5.41, 5.74) is 9.52. The third-order valence-electron chi connectivity index (χ3n) is 3.92. The van der Waals surface area contributed by atoms with Crippen molar-refractivity contribution in [3.05, 3.63) is 52.2 Å². The Bertz CT molecular complexity index is 609. The second-order valence-corrected chi connectivity index (χ2v) is 5.34. The molecule has 18 heavy (non-hydrogen) atoms. The van der Waals surface area contributed by atoms with E-state index in [2.05, 4.69) is 70.6 Å². The van der Waals surface area contributed by atoms with Gasteiger partial charge in [-0.05, 0) is 62.4 Å². The molecular formula is C17H22N+. The van der Waals surface area contributed by atoms with Crippen molar-refractivity contribution in [1.82, 2.24) is 0 Å². The van der Waals surface area contributed by atoms with Crippen LogP contribution in [0.15, 0.2) is 24.4 Å². The fraction of sp³-hybridized carbons (Fsp3) is 0.353. The molecule has 0 saturated heterocycles. The zero-order valence-corrected chi connectivity index (χ0v) is 12.3. The van der Waals surface area contributed by atoms with Gasteiger partial charge in [-0.25, -0.2) is 4.57 Å². The van der Waals surface area contributed by atoms with Gasteiger partial charge < -0.3 is 0 Å². The van der Waals surface area contributed by atoms with Gasteiger partial charge in [-0.3, -0.25) is 0 Å². The van der Waals surface area contributed by atoms with Gasteiger partial charge >= 0.3 is 0 Å². The highest BCUT2D eigenvalue weighted by atomic mass is 14.9. The molecule has 0 aliphatic carbocycles. The summed E-state index contributed by atoms with van der Waals surface area (Å²) in [4.78, 5) is 0. The minimum atomic E-state index is 1.30. The Kier molecular flexibility index (Phi) is 3.25. The molecule has 1 aromatic heterocycles. The highest BCUT2D eigenvalue weighted by molar-refractivity contribution is 5.68. The van der Waals surface area contributed by atoms with Gasteiger partial charge in [-0.2, -0.15) is 0 Å². The molecule has 0 aliphatic heterocycles. The SMILES string of the molecule is Cc1cc[n+](C)c(-c2c(C)cc(C)c(C)c2C)c1. The van der Waals surface area contributed by atoms with Crippen LogP contribution in [-0.2, 0) is 7.05 Å². The lowest BCUT2D eigenvalue weighted by Gasteiger charge is -2.13. The van der Waals surface area contributed by atoms with Crippen LogP contribution in [0.3, 0.4) is 0 Å². The Morgan fingerprint density at radius 2 is 1.50 bits per heavy atom. The average molecular weight is 240 g/mol. The molecule has 2 aromatic rings. The summed E-state index contributed by atoms with van der Waals surface area (Å²) in [6, 6.07) is 6.71. The second-order valence-electron chi connectivity index (χ2n) is 5.34. The Morgan fingerprint density at radius 1 is 0.833 bits per heavy atom. The molecule has 0 amide bonds. The maximum Gasteiger partial charge on any atom is 0.213 e. The van der Waals surface area contributed by atoms with Crippen molar-refractivity contribution < 1.29 is 4.57 Å². The number of nitrogens with zero attached hydrogens (tertiary/aromatic N) is 1. The molecule has 1 aromatic carbocycles. The third kappa shape index (κ3) is 2.05. The van der Waals surface area contributed by atoms with Gasteiger partial charge in [-0.1, -0.05) is 6.07 Å². The van der Waals surface area contributed by atoms with Crippen molar-refractivity contribution in [2.75, 3.05) is 0 Å². The fourth-order valence-electron chi connectivity index (χ4n) is 2.60. The van der Waals surface area contributed by atoms with Gasteiger partial charge in [0.15, 0.2) is 6.20 Å². The highest BCUT2D eigenvalue weighted by Crippen LogP contribution is 2.29. The molecular weight excluding hydrogens is 218 g/mol. The van der Waals surface area contributed by atoms with Crippen molar-refractivity contribution in [1.29, 1.82) is 0 Å². The van der Waals surface area contributed by atoms with Crippen molar-refractivity contribution in [3.63, 3.8) is 0 Å². The lowest BCUT2D eigenvalue weighted by atomic mass is 9.92. The molecule has 1 nitrogen and oxygen atoms in total. The highest BCUT2D eigenvalue weighted by Gasteiger charge is 2.17. The molecule has 0 radical (unpaired) electrons. The first-order chi connectivity index (χ1) is 8.41. The van der Waals surface area contributed by atoms with E-state index in [-0.39, 0.29) is 0 Å². The molecule has 0 N–H and O–H groups in total. The Morgan fingerprint density at radius 3 is 2.17 bits per heavy atom. The van der Waals surface area contributed by atoms with E-state index in [9.17, 15) is 0 Å². The number of hydrogen-bond donors (Lipinski definition) is 0. The van der Waals surface area contributed by atoms with E-state index in [1.165, 1.54) is 39.1 Å². The summed E-state index contributed by atoms with van der Waals surface area (Å²) >= 11 is 0. The zero-order valence-electron chi connectivity index (χ0n) is 12.3. The van der Waals surface area contributed by atoms with Gasteiger partial charge in [0, 0.05) is 12.1 Å². The molecule has 0 unspecified atom stereocenters. The first-order valence-electron chi connectivity index (χ1n) is 6.46. The van der Waals surface area contributed by atoms with Crippen LogP contribution in [0.1, 0.15) is 27.8 Å². The molecule has 2 rings (SSSR count). The second kappa shape index (κ2) is 4.56. The number of rotatable bonds is 1. The van der Waals surface area contributed by atoms with Gasteiger partial charge in [0.25, 0.3) is 0 Å². The molecule has 0 atom stereocenters. The van der Waals surface area contributed by atoms with Gasteiger partial charge in [0.2, 0.25) is 5.69 Å². The normalized spacial score (nSPS) is 10.8. The van der Waals surface area contributed by atoms with Gasteiger partial charge in [-0.15, -0.1) is 0 Å². The zero-order chi connectivity index (χ0) is 13.4. The van der Waals surface area contributed by atoms with Crippen LogP contribution in [0.4, 0.5) is 0 Å². The number of aryl methyl sites for hydroxylation is 4. The molecule has 0 bridgehead atoms. The number of pyridine rings is 1. The monoisotopic (exact) mass is 240 g/mol. The van der Waals surface area contributed by atoms with E-state index in [0.717, 1.165) is 0 Å². The molecule has 94 valence electrons. The van der Waals surface area contributed by atoms with Gasteiger partial charge in [0.05, 0.1) is 5.56 Å². The summed E-state index contributed by atoms with van der Waals surface area (Å²) in [7, 11) is 2.11. The van der Waals surface area contributed by atoms with E-state index < -0.39 is 0 Å². The van der Waals surface area contributed by atoms with Crippen molar-refractivity contribution in [3.8, 4) is 11.3 Å². The van der Waals surface area contributed by atoms with E-state index >= 15 is 0 Å². The van der Waals surface area contributed by atoms with Crippen LogP contribution in [0, 0.1) is 34.6 Å². The van der Waals surface area contributed by atoms with Crippen LogP contribution in [0.5, 0.6) is 0 Å². The fourth-order valence-corrected chi connectivity index (χ4v) is 2.60. The topological polar surface area (TPSA) is 3.88 Å². The number of hydrogen-bond acceptors (Lipinski definition) is 0. The average Bonchev–Trinajstić information content (AvgIpc) is 2.31. The summed E-state index contributed by atoms with van der Waals surface area (Å²) in [6.45, 7) is 11.0. The maximum absolute atomic E-state index is 2.29. The Hall–Kier alpha value is -1.63. The Labute approximate surface area is 110 Å². The van der Waals surface area contributed by atoms with Crippen LogP contribution in [0.2, 0.25) is 0 Å². The summed E-state index contributed by atoms with van der Waals surface area (Å²) < 4.78 is 2.21.